The summed E-state index contributed by atoms with van der Waals surface area (Å²) in [6.45, 7) is 1.09. The minimum Gasteiger partial charge on any atom is -0.336 e. The lowest BCUT2D eigenvalue weighted by Gasteiger charge is -2.34. The molecular weight excluding hydrogens is 194 g/mol. The highest BCUT2D eigenvalue weighted by atomic mass is 32.2. The molecule has 3 nitrogen and oxygen atoms in total. The first-order valence-corrected chi connectivity index (χ1v) is 6.31. The fourth-order valence-corrected chi connectivity index (χ4v) is 4.04. The van der Waals surface area contributed by atoms with Crippen molar-refractivity contribution in [2.24, 2.45) is 7.05 Å². The molecule has 0 saturated carbocycles. The van der Waals surface area contributed by atoms with Crippen LogP contribution in [-0.2, 0) is 19.0 Å². The predicted octanol–water partition coefficient (Wildman–Crippen LogP) is 0.898. The molecule has 1 aromatic heterocycles. The van der Waals surface area contributed by atoms with Crippen LogP contribution in [-0.4, -0.2) is 27.6 Å². The van der Waals surface area contributed by atoms with E-state index in [1.165, 1.54) is 29.3 Å². The van der Waals surface area contributed by atoms with Gasteiger partial charge in [-0.15, -0.1) is 0 Å². The van der Waals surface area contributed by atoms with Crippen molar-refractivity contribution in [1.29, 1.82) is 0 Å². The standard InChI is InChI=1S/C10H15N3S/c1-13-7-11-8-2-4-12-10(9(8)13)3-5-14-6-10/h7,12H,2-6H2,1H3. The van der Waals surface area contributed by atoms with Crippen molar-refractivity contribution >= 4 is 11.8 Å². The minimum absolute atomic E-state index is 0.240. The second-order valence-electron chi connectivity index (χ2n) is 4.21. The fourth-order valence-electron chi connectivity index (χ4n) is 2.67. The van der Waals surface area contributed by atoms with E-state index in [1.54, 1.807) is 0 Å². The van der Waals surface area contributed by atoms with E-state index in [9.17, 15) is 0 Å². The number of hydrogen-bond donors (Lipinski definition) is 1. The normalized spacial score (nSPS) is 30.9. The van der Waals surface area contributed by atoms with Gasteiger partial charge in [-0.1, -0.05) is 0 Å². The molecule has 1 spiro atoms. The van der Waals surface area contributed by atoms with Crippen LogP contribution in [0.1, 0.15) is 17.8 Å². The number of aryl methyl sites for hydroxylation is 1. The Labute approximate surface area is 88.3 Å². The van der Waals surface area contributed by atoms with Crippen molar-refractivity contribution in [3.63, 3.8) is 0 Å². The Bertz CT molecular complexity index is 352. The van der Waals surface area contributed by atoms with Gasteiger partial charge in [0.05, 0.1) is 23.3 Å². The highest BCUT2D eigenvalue weighted by Crippen LogP contribution is 2.39. The van der Waals surface area contributed by atoms with Gasteiger partial charge in [-0.05, 0) is 12.2 Å². The molecule has 1 aromatic rings. The van der Waals surface area contributed by atoms with E-state index >= 15 is 0 Å². The third kappa shape index (κ3) is 1.07. The van der Waals surface area contributed by atoms with Crippen molar-refractivity contribution in [2.45, 2.75) is 18.4 Å². The summed E-state index contributed by atoms with van der Waals surface area (Å²) in [6, 6.07) is 0. The first-order chi connectivity index (χ1) is 6.82. The van der Waals surface area contributed by atoms with Gasteiger partial charge in [-0.3, -0.25) is 0 Å². The molecule has 1 fully saturated rings. The number of hydrogen-bond acceptors (Lipinski definition) is 3. The van der Waals surface area contributed by atoms with Crippen LogP contribution in [0.5, 0.6) is 0 Å². The van der Waals surface area contributed by atoms with Crippen molar-refractivity contribution in [3.8, 4) is 0 Å². The summed E-state index contributed by atoms with van der Waals surface area (Å²) in [5, 5.41) is 3.70. The molecule has 1 N–H and O–H groups in total. The van der Waals surface area contributed by atoms with Crippen LogP contribution >= 0.6 is 11.8 Å². The van der Waals surface area contributed by atoms with Crippen molar-refractivity contribution in [2.75, 3.05) is 18.1 Å². The zero-order valence-electron chi connectivity index (χ0n) is 8.42. The molecule has 0 bridgehead atoms. The average Bonchev–Trinajstić information content (AvgIpc) is 2.76. The molecule has 1 saturated heterocycles. The molecule has 1 atom stereocenters. The van der Waals surface area contributed by atoms with Gasteiger partial charge in [0.15, 0.2) is 0 Å². The van der Waals surface area contributed by atoms with Crippen molar-refractivity contribution < 1.29 is 0 Å². The number of thioether (sulfide) groups is 1. The molecule has 0 radical (unpaired) electrons. The summed E-state index contributed by atoms with van der Waals surface area (Å²) in [5.74, 6) is 2.48. The van der Waals surface area contributed by atoms with E-state index in [1.807, 2.05) is 6.33 Å². The number of nitrogens with one attached hydrogen (secondary N) is 1. The summed E-state index contributed by atoms with van der Waals surface area (Å²) in [5.41, 5.74) is 2.99. The molecule has 3 heterocycles. The summed E-state index contributed by atoms with van der Waals surface area (Å²) in [4.78, 5) is 4.49. The molecule has 1 unspecified atom stereocenters. The Morgan fingerprint density at radius 1 is 1.64 bits per heavy atom. The van der Waals surface area contributed by atoms with Gasteiger partial charge in [-0.25, -0.2) is 4.98 Å². The first kappa shape index (κ1) is 8.80. The summed E-state index contributed by atoms with van der Waals surface area (Å²) in [7, 11) is 2.11. The molecule has 0 amide bonds. The zero-order valence-corrected chi connectivity index (χ0v) is 9.23. The molecule has 76 valence electrons. The van der Waals surface area contributed by atoms with Crippen LogP contribution in [0.25, 0.3) is 0 Å². The third-order valence-corrected chi connectivity index (χ3v) is 4.50. The van der Waals surface area contributed by atoms with Gasteiger partial charge in [0.2, 0.25) is 0 Å². The van der Waals surface area contributed by atoms with Crippen molar-refractivity contribution in [1.82, 2.24) is 14.9 Å². The van der Waals surface area contributed by atoms with Crippen LogP contribution in [0.4, 0.5) is 0 Å². The Balaban J connectivity index is 2.13. The molecule has 4 heteroatoms. The van der Waals surface area contributed by atoms with Crippen molar-refractivity contribution in [3.05, 3.63) is 17.7 Å². The molecule has 3 rings (SSSR count). The van der Waals surface area contributed by atoms with E-state index in [2.05, 4.69) is 33.7 Å². The molecule has 0 aromatic carbocycles. The highest BCUT2D eigenvalue weighted by Gasteiger charge is 2.41. The fraction of sp³-hybridized carbons (Fsp3) is 0.700. The van der Waals surface area contributed by atoms with Gasteiger partial charge < -0.3 is 9.88 Å². The number of nitrogens with zero attached hydrogens (tertiary/aromatic N) is 2. The van der Waals surface area contributed by atoms with Gasteiger partial charge in [0.25, 0.3) is 0 Å². The minimum atomic E-state index is 0.240. The van der Waals surface area contributed by atoms with E-state index < -0.39 is 0 Å². The van der Waals surface area contributed by atoms with E-state index in [-0.39, 0.29) is 5.54 Å². The smallest absolute Gasteiger partial charge is 0.0949 e. The molecule has 0 aliphatic carbocycles. The molecule has 14 heavy (non-hydrogen) atoms. The lowest BCUT2D eigenvalue weighted by atomic mass is 9.89. The van der Waals surface area contributed by atoms with Gasteiger partial charge in [0.1, 0.15) is 0 Å². The zero-order chi connectivity index (χ0) is 9.60. The van der Waals surface area contributed by atoms with Gasteiger partial charge in [0, 0.05) is 25.8 Å². The largest absolute Gasteiger partial charge is 0.336 e. The first-order valence-electron chi connectivity index (χ1n) is 5.15. The van der Waals surface area contributed by atoms with Gasteiger partial charge in [-0.2, -0.15) is 11.8 Å². The topological polar surface area (TPSA) is 29.9 Å². The molecule has 2 aliphatic heterocycles. The lowest BCUT2D eigenvalue weighted by Crippen LogP contribution is -2.48. The Kier molecular flexibility index (Phi) is 1.89. The lowest BCUT2D eigenvalue weighted by molar-refractivity contribution is 0.336. The second-order valence-corrected chi connectivity index (χ2v) is 5.32. The quantitative estimate of drug-likeness (QED) is 0.688. The Hall–Kier alpha value is -0.480. The summed E-state index contributed by atoms with van der Waals surface area (Å²) < 4.78 is 2.20. The number of rotatable bonds is 0. The van der Waals surface area contributed by atoms with Crippen LogP contribution in [0.15, 0.2) is 6.33 Å². The van der Waals surface area contributed by atoms with Gasteiger partial charge >= 0.3 is 0 Å². The number of fused-ring (bicyclic) bond motifs is 2. The second kappa shape index (κ2) is 3.00. The predicted molar refractivity (Wildman–Crippen MR) is 58.5 cm³/mol. The SMILES string of the molecule is Cn1cnc2c1C1(CCSC1)NCC2. The molecule has 2 aliphatic rings. The maximum Gasteiger partial charge on any atom is 0.0949 e. The van der Waals surface area contributed by atoms with E-state index in [0.717, 1.165) is 13.0 Å². The van der Waals surface area contributed by atoms with Crippen LogP contribution in [0.3, 0.4) is 0 Å². The van der Waals surface area contributed by atoms with E-state index in [0.29, 0.717) is 0 Å². The van der Waals surface area contributed by atoms with E-state index in [4.69, 9.17) is 0 Å². The Morgan fingerprint density at radius 2 is 2.57 bits per heavy atom. The highest BCUT2D eigenvalue weighted by molar-refractivity contribution is 7.99. The van der Waals surface area contributed by atoms with Crippen LogP contribution in [0.2, 0.25) is 0 Å². The average molecular weight is 209 g/mol. The maximum atomic E-state index is 4.49. The summed E-state index contributed by atoms with van der Waals surface area (Å²) >= 11 is 2.05. The number of imidazole rings is 1. The molecular formula is C10H15N3S. The van der Waals surface area contributed by atoms with Crippen LogP contribution in [0, 0.1) is 0 Å². The van der Waals surface area contributed by atoms with Crippen LogP contribution < -0.4 is 5.32 Å². The monoisotopic (exact) mass is 209 g/mol. The number of aromatic nitrogens is 2. The maximum absolute atomic E-state index is 4.49. The third-order valence-electron chi connectivity index (χ3n) is 3.31. The summed E-state index contributed by atoms with van der Waals surface area (Å²) in [6.07, 6.45) is 4.30. The Morgan fingerprint density at radius 3 is 3.36 bits per heavy atom.